The molecule has 0 aliphatic carbocycles. The number of nitro groups is 1. The van der Waals surface area contributed by atoms with Crippen molar-refractivity contribution in [2.75, 3.05) is 0 Å². The summed E-state index contributed by atoms with van der Waals surface area (Å²) in [4.78, 5) is 12.7. The average molecular weight is 257 g/mol. The van der Waals surface area contributed by atoms with Crippen LogP contribution in [-0.2, 0) is 5.88 Å². The van der Waals surface area contributed by atoms with E-state index in [4.69, 9.17) is 23.2 Å². The van der Waals surface area contributed by atoms with Crippen molar-refractivity contribution < 1.29 is 13.7 Å². The molecule has 0 unspecified atom stereocenters. The highest BCUT2D eigenvalue weighted by Crippen LogP contribution is 2.35. The molecule has 1 aromatic rings. The van der Waals surface area contributed by atoms with Gasteiger partial charge in [-0.2, -0.15) is 0 Å². The Bertz CT molecular complexity index is 401. The van der Waals surface area contributed by atoms with Crippen LogP contribution >= 0.6 is 23.2 Å². The van der Waals surface area contributed by atoms with Crippen molar-refractivity contribution in [3.63, 3.8) is 0 Å². The Balaban J connectivity index is 3.44. The van der Waals surface area contributed by atoms with Crippen molar-refractivity contribution in [1.29, 1.82) is 0 Å². The minimum absolute atomic E-state index is 0.135. The van der Waals surface area contributed by atoms with Gasteiger partial charge in [0.15, 0.2) is 0 Å². The molecule has 0 amide bonds. The first-order chi connectivity index (χ1) is 6.99. The Morgan fingerprint density at radius 2 is 2.20 bits per heavy atom. The molecule has 0 aromatic carbocycles. The maximum Gasteiger partial charge on any atom is 0.373 e. The molecular formula is C7H4Cl2F2N2O2. The van der Waals surface area contributed by atoms with Crippen LogP contribution in [0.15, 0.2) is 6.20 Å². The van der Waals surface area contributed by atoms with Crippen LogP contribution in [-0.4, -0.2) is 9.91 Å². The maximum absolute atomic E-state index is 12.5. The van der Waals surface area contributed by atoms with Gasteiger partial charge in [0.25, 0.3) is 6.43 Å². The molecule has 0 aliphatic heterocycles. The zero-order valence-corrected chi connectivity index (χ0v) is 8.60. The molecule has 0 spiro atoms. The van der Waals surface area contributed by atoms with E-state index in [1.54, 1.807) is 0 Å². The van der Waals surface area contributed by atoms with Gasteiger partial charge in [0.2, 0.25) is 0 Å². The summed E-state index contributed by atoms with van der Waals surface area (Å²) >= 11 is 10.9. The molecule has 0 saturated carbocycles. The van der Waals surface area contributed by atoms with Gasteiger partial charge < -0.3 is 10.1 Å². The fourth-order valence-corrected chi connectivity index (χ4v) is 1.52. The van der Waals surface area contributed by atoms with Crippen molar-refractivity contribution >= 4 is 29.0 Å². The van der Waals surface area contributed by atoms with Crippen LogP contribution in [0.3, 0.4) is 0 Å². The normalized spacial score (nSPS) is 10.7. The number of alkyl halides is 3. The zero-order chi connectivity index (χ0) is 11.6. The van der Waals surface area contributed by atoms with E-state index < -0.39 is 27.8 Å². The van der Waals surface area contributed by atoms with Gasteiger partial charge in [0.05, 0.1) is 10.9 Å². The summed E-state index contributed by atoms with van der Waals surface area (Å²) in [6.45, 7) is 0. The third-order valence-corrected chi connectivity index (χ3v) is 2.37. The van der Waals surface area contributed by atoms with Gasteiger partial charge in [-0.1, -0.05) is 11.6 Å². The molecule has 0 N–H and O–H groups in total. The second-order valence-corrected chi connectivity index (χ2v) is 3.17. The van der Waals surface area contributed by atoms with Gasteiger partial charge in [-0.25, -0.2) is 8.78 Å². The summed E-state index contributed by atoms with van der Waals surface area (Å²) in [5.74, 6) is -1.08. The van der Waals surface area contributed by atoms with E-state index in [-0.39, 0.29) is 11.4 Å². The molecule has 15 heavy (non-hydrogen) atoms. The van der Waals surface area contributed by atoms with Crippen molar-refractivity contribution in [3.8, 4) is 0 Å². The van der Waals surface area contributed by atoms with Crippen LogP contribution in [0.5, 0.6) is 0 Å². The van der Waals surface area contributed by atoms with Crippen LogP contribution in [0.2, 0.25) is 5.02 Å². The number of rotatable bonds is 3. The molecular weight excluding hydrogens is 253 g/mol. The molecule has 0 aliphatic rings. The Morgan fingerprint density at radius 3 is 2.60 bits per heavy atom. The summed E-state index contributed by atoms with van der Waals surface area (Å²) in [5.41, 5.74) is -0.751. The fraction of sp³-hybridized carbons (Fsp3) is 0.286. The second-order valence-electron chi connectivity index (χ2n) is 2.53. The van der Waals surface area contributed by atoms with Gasteiger partial charge in [0.1, 0.15) is 11.8 Å². The predicted octanol–water partition coefficient (Wildman–Crippen LogP) is 3.32. The van der Waals surface area contributed by atoms with Crippen LogP contribution in [0, 0.1) is 10.1 Å². The lowest BCUT2D eigenvalue weighted by Crippen LogP contribution is -2.02. The number of nitrogens with zero attached hydrogens (tertiary/aromatic N) is 2. The van der Waals surface area contributed by atoms with Gasteiger partial charge in [-0.05, 0) is 9.91 Å². The van der Waals surface area contributed by atoms with Crippen molar-refractivity contribution in [1.82, 2.24) is 4.98 Å². The summed E-state index contributed by atoms with van der Waals surface area (Å²) < 4.78 is 25.0. The number of aromatic nitrogens is 1. The highest BCUT2D eigenvalue weighted by Gasteiger charge is 2.28. The first-order valence-corrected chi connectivity index (χ1v) is 4.56. The van der Waals surface area contributed by atoms with Gasteiger partial charge in [-0.3, -0.25) is 0 Å². The Hall–Kier alpha value is -1.01. The van der Waals surface area contributed by atoms with E-state index in [1.807, 2.05) is 0 Å². The molecule has 0 bridgehead atoms. The first kappa shape index (κ1) is 12.1. The SMILES string of the molecule is O=[N+]([O-])c1ncc(CCl)c(Cl)c1C(F)F. The molecule has 1 rings (SSSR count). The summed E-state index contributed by atoms with van der Waals surface area (Å²) in [5, 5.41) is 9.99. The number of pyridine rings is 1. The molecule has 1 heterocycles. The van der Waals surface area contributed by atoms with Crippen molar-refractivity contribution in [2.45, 2.75) is 12.3 Å². The fourth-order valence-electron chi connectivity index (χ4n) is 0.968. The van der Waals surface area contributed by atoms with E-state index in [0.717, 1.165) is 6.20 Å². The van der Waals surface area contributed by atoms with E-state index in [1.165, 1.54) is 0 Å². The van der Waals surface area contributed by atoms with E-state index in [9.17, 15) is 18.9 Å². The number of halogens is 4. The first-order valence-electron chi connectivity index (χ1n) is 3.64. The summed E-state index contributed by atoms with van der Waals surface area (Å²) in [7, 11) is 0. The van der Waals surface area contributed by atoms with E-state index >= 15 is 0 Å². The minimum Gasteiger partial charge on any atom is -0.358 e. The molecule has 0 saturated heterocycles. The Morgan fingerprint density at radius 1 is 1.60 bits per heavy atom. The standard InChI is InChI=1S/C7H4Cl2F2N2O2/c8-1-3-2-12-7(13(14)15)4(5(3)9)6(10)11/h2,6H,1H2. The second kappa shape index (κ2) is 4.67. The molecule has 0 fully saturated rings. The highest BCUT2D eigenvalue weighted by atomic mass is 35.5. The van der Waals surface area contributed by atoms with E-state index in [2.05, 4.69) is 4.98 Å². The lowest BCUT2D eigenvalue weighted by atomic mass is 10.2. The van der Waals surface area contributed by atoms with Crippen molar-refractivity contribution in [3.05, 3.63) is 32.5 Å². The van der Waals surface area contributed by atoms with Gasteiger partial charge >= 0.3 is 5.82 Å². The maximum atomic E-state index is 12.5. The Kier molecular flexibility index (Phi) is 3.76. The lowest BCUT2D eigenvalue weighted by molar-refractivity contribution is -0.391. The molecule has 1 aromatic heterocycles. The van der Waals surface area contributed by atoms with E-state index in [0.29, 0.717) is 0 Å². The largest absolute Gasteiger partial charge is 0.373 e. The monoisotopic (exact) mass is 256 g/mol. The molecule has 0 atom stereocenters. The van der Waals surface area contributed by atoms with Gasteiger partial charge in [0, 0.05) is 5.56 Å². The molecule has 4 nitrogen and oxygen atoms in total. The summed E-state index contributed by atoms with van der Waals surface area (Å²) in [6, 6.07) is 0. The van der Waals surface area contributed by atoms with Crippen LogP contribution < -0.4 is 0 Å². The Labute approximate surface area is 93.0 Å². The number of hydrogen-bond acceptors (Lipinski definition) is 3. The predicted molar refractivity (Wildman–Crippen MR) is 50.4 cm³/mol. The summed E-state index contributed by atoms with van der Waals surface area (Å²) in [6.07, 6.45) is -2.05. The van der Waals surface area contributed by atoms with Crippen LogP contribution in [0.4, 0.5) is 14.6 Å². The molecule has 8 heteroatoms. The van der Waals surface area contributed by atoms with Crippen molar-refractivity contribution in [2.24, 2.45) is 0 Å². The highest BCUT2D eigenvalue weighted by molar-refractivity contribution is 6.33. The number of hydrogen-bond donors (Lipinski definition) is 0. The average Bonchev–Trinajstić information content (AvgIpc) is 2.16. The lowest BCUT2D eigenvalue weighted by Gasteiger charge is -2.05. The zero-order valence-electron chi connectivity index (χ0n) is 7.08. The quantitative estimate of drug-likeness (QED) is 0.474. The molecule has 82 valence electrons. The van der Waals surface area contributed by atoms with Crippen LogP contribution in [0.1, 0.15) is 17.6 Å². The van der Waals surface area contributed by atoms with Gasteiger partial charge in [-0.15, -0.1) is 11.6 Å². The third-order valence-electron chi connectivity index (χ3n) is 1.64. The third kappa shape index (κ3) is 2.32. The van der Waals surface area contributed by atoms with Crippen LogP contribution in [0.25, 0.3) is 0 Å². The minimum atomic E-state index is -3.06. The smallest absolute Gasteiger partial charge is 0.358 e. The topological polar surface area (TPSA) is 56.0 Å². The molecule has 0 radical (unpaired) electrons.